The molecule has 0 fully saturated rings. The standard InChI is InChI=1S/C21H21N3O/c1-14-18(17-7-3-5-9-20(17)24-14)12-21(25)22-11-10-15-13-23-19-8-4-2-6-16(15)19/h2-9,13,23-24H,10-12H2,1H3,(H,22,25). The quantitative estimate of drug-likeness (QED) is 0.511. The van der Waals surface area contributed by atoms with Crippen LogP contribution >= 0.6 is 0 Å². The van der Waals surface area contributed by atoms with Crippen molar-refractivity contribution in [2.24, 2.45) is 0 Å². The van der Waals surface area contributed by atoms with Gasteiger partial charge in [-0.1, -0.05) is 36.4 Å². The van der Waals surface area contributed by atoms with Crippen LogP contribution in [0.15, 0.2) is 54.7 Å². The number of nitrogens with one attached hydrogen (secondary N) is 3. The van der Waals surface area contributed by atoms with E-state index in [-0.39, 0.29) is 5.91 Å². The second-order valence-electron chi connectivity index (χ2n) is 6.41. The van der Waals surface area contributed by atoms with Gasteiger partial charge in [0.2, 0.25) is 5.91 Å². The van der Waals surface area contributed by atoms with Gasteiger partial charge < -0.3 is 15.3 Å². The van der Waals surface area contributed by atoms with E-state index in [1.165, 1.54) is 10.9 Å². The minimum Gasteiger partial charge on any atom is -0.361 e. The van der Waals surface area contributed by atoms with Gasteiger partial charge in [-0.15, -0.1) is 0 Å². The Morgan fingerprint density at radius 1 is 1.00 bits per heavy atom. The van der Waals surface area contributed by atoms with Gasteiger partial charge in [0.25, 0.3) is 0 Å². The number of carbonyl (C=O) groups excluding carboxylic acids is 1. The molecule has 4 rings (SSSR count). The minimum absolute atomic E-state index is 0.0627. The van der Waals surface area contributed by atoms with Crippen molar-refractivity contribution in [3.8, 4) is 0 Å². The van der Waals surface area contributed by atoms with Crippen molar-refractivity contribution in [2.45, 2.75) is 19.8 Å². The van der Waals surface area contributed by atoms with E-state index in [1.54, 1.807) is 0 Å². The van der Waals surface area contributed by atoms with Gasteiger partial charge in [0.15, 0.2) is 0 Å². The molecule has 0 aliphatic rings. The largest absolute Gasteiger partial charge is 0.361 e. The number of aromatic nitrogens is 2. The molecular formula is C21H21N3O. The van der Waals surface area contributed by atoms with Gasteiger partial charge in [0, 0.05) is 40.2 Å². The van der Waals surface area contributed by atoms with E-state index < -0.39 is 0 Å². The maximum atomic E-state index is 12.4. The normalized spacial score (nSPS) is 11.2. The lowest BCUT2D eigenvalue weighted by molar-refractivity contribution is -0.120. The summed E-state index contributed by atoms with van der Waals surface area (Å²) < 4.78 is 0. The summed E-state index contributed by atoms with van der Waals surface area (Å²) >= 11 is 0. The summed E-state index contributed by atoms with van der Waals surface area (Å²) in [4.78, 5) is 19.0. The van der Waals surface area contributed by atoms with E-state index >= 15 is 0 Å². The van der Waals surface area contributed by atoms with Crippen LogP contribution in [0.3, 0.4) is 0 Å². The van der Waals surface area contributed by atoms with Crippen molar-refractivity contribution < 1.29 is 4.79 Å². The van der Waals surface area contributed by atoms with Gasteiger partial charge >= 0.3 is 0 Å². The van der Waals surface area contributed by atoms with Crippen LogP contribution in [0.5, 0.6) is 0 Å². The lowest BCUT2D eigenvalue weighted by Crippen LogP contribution is -2.27. The molecule has 0 atom stereocenters. The molecule has 1 amide bonds. The highest BCUT2D eigenvalue weighted by Gasteiger charge is 2.12. The predicted molar refractivity (Wildman–Crippen MR) is 102 cm³/mol. The zero-order valence-corrected chi connectivity index (χ0v) is 14.2. The van der Waals surface area contributed by atoms with Gasteiger partial charge in [-0.05, 0) is 36.6 Å². The smallest absolute Gasteiger partial charge is 0.224 e. The zero-order chi connectivity index (χ0) is 17.2. The molecule has 2 heterocycles. The Morgan fingerprint density at radius 2 is 1.72 bits per heavy atom. The second-order valence-corrected chi connectivity index (χ2v) is 6.41. The first kappa shape index (κ1) is 15.5. The second kappa shape index (κ2) is 6.48. The Hall–Kier alpha value is -3.01. The van der Waals surface area contributed by atoms with Crippen LogP contribution in [-0.4, -0.2) is 22.4 Å². The number of hydrogen-bond donors (Lipinski definition) is 3. The van der Waals surface area contributed by atoms with Crippen molar-refractivity contribution in [2.75, 3.05) is 6.54 Å². The molecule has 0 unspecified atom stereocenters. The molecule has 4 heteroatoms. The Balaban J connectivity index is 1.40. The number of fused-ring (bicyclic) bond motifs is 2. The molecule has 0 bridgehead atoms. The Morgan fingerprint density at radius 3 is 2.56 bits per heavy atom. The molecule has 126 valence electrons. The average molecular weight is 331 g/mol. The summed E-state index contributed by atoms with van der Waals surface area (Å²) in [5.41, 5.74) is 5.60. The van der Waals surface area contributed by atoms with Crippen LogP contribution < -0.4 is 5.32 Å². The lowest BCUT2D eigenvalue weighted by atomic mass is 10.1. The molecule has 0 saturated heterocycles. The molecule has 0 radical (unpaired) electrons. The molecule has 25 heavy (non-hydrogen) atoms. The molecule has 2 aromatic heterocycles. The fourth-order valence-electron chi connectivity index (χ4n) is 3.46. The van der Waals surface area contributed by atoms with Crippen LogP contribution in [0.1, 0.15) is 16.8 Å². The third kappa shape index (κ3) is 3.03. The Bertz CT molecular complexity index is 1040. The highest BCUT2D eigenvalue weighted by atomic mass is 16.1. The summed E-state index contributed by atoms with van der Waals surface area (Å²) in [5.74, 6) is 0.0627. The average Bonchev–Trinajstić information content (AvgIpc) is 3.17. The first-order valence-corrected chi connectivity index (χ1v) is 8.60. The van der Waals surface area contributed by atoms with Gasteiger partial charge in [-0.3, -0.25) is 4.79 Å². The number of hydrogen-bond acceptors (Lipinski definition) is 1. The SMILES string of the molecule is Cc1[nH]c2ccccc2c1CC(=O)NCCc1c[nH]c2ccccc12. The summed E-state index contributed by atoms with van der Waals surface area (Å²) in [6.45, 7) is 2.66. The van der Waals surface area contributed by atoms with Crippen LogP contribution in [-0.2, 0) is 17.6 Å². The summed E-state index contributed by atoms with van der Waals surface area (Å²) in [5, 5.41) is 5.41. The maximum absolute atomic E-state index is 12.4. The molecule has 4 nitrogen and oxygen atoms in total. The number of aryl methyl sites for hydroxylation is 1. The van der Waals surface area contributed by atoms with Gasteiger partial charge in [-0.25, -0.2) is 0 Å². The first-order chi connectivity index (χ1) is 12.2. The van der Waals surface area contributed by atoms with E-state index in [1.807, 2.05) is 43.5 Å². The third-order valence-corrected chi connectivity index (χ3v) is 4.76. The molecule has 0 aliphatic carbocycles. The van der Waals surface area contributed by atoms with E-state index in [9.17, 15) is 4.79 Å². The monoisotopic (exact) mass is 331 g/mol. The molecule has 4 aromatic rings. The molecule has 0 aliphatic heterocycles. The fourth-order valence-corrected chi connectivity index (χ4v) is 3.46. The summed E-state index contributed by atoms with van der Waals surface area (Å²) in [6.07, 6.45) is 3.26. The van der Waals surface area contributed by atoms with E-state index in [4.69, 9.17) is 0 Å². The highest BCUT2D eigenvalue weighted by Crippen LogP contribution is 2.22. The topological polar surface area (TPSA) is 60.7 Å². The molecule has 0 saturated carbocycles. The number of aromatic amines is 2. The molecule has 3 N–H and O–H groups in total. The predicted octanol–water partition coefficient (Wildman–Crippen LogP) is 3.86. The first-order valence-electron chi connectivity index (χ1n) is 8.60. The number of benzene rings is 2. The van der Waals surface area contributed by atoms with Crippen LogP contribution in [0, 0.1) is 6.92 Å². The van der Waals surface area contributed by atoms with Crippen molar-refractivity contribution in [3.05, 3.63) is 71.5 Å². The van der Waals surface area contributed by atoms with Crippen LogP contribution in [0.4, 0.5) is 0 Å². The number of carbonyl (C=O) groups is 1. The van der Waals surface area contributed by atoms with E-state index in [2.05, 4.69) is 33.5 Å². The van der Waals surface area contributed by atoms with Crippen LogP contribution in [0.25, 0.3) is 21.8 Å². The molecule has 0 spiro atoms. The summed E-state index contributed by atoms with van der Waals surface area (Å²) in [7, 11) is 0. The number of para-hydroxylation sites is 2. The maximum Gasteiger partial charge on any atom is 0.224 e. The zero-order valence-electron chi connectivity index (χ0n) is 14.2. The molecular weight excluding hydrogens is 310 g/mol. The van der Waals surface area contributed by atoms with Gasteiger partial charge in [-0.2, -0.15) is 0 Å². The van der Waals surface area contributed by atoms with E-state index in [0.717, 1.165) is 34.1 Å². The van der Waals surface area contributed by atoms with Crippen molar-refractivity contribution in [3.63, 3.8) is 0 Å². The highest BCUT2D eigenvalue weighted by molar-refractivity contribution is 5.90. The number of H-pyrrole nitrogens is 2. The fraction of sp³-hybridized carbons (Fsp3) is 0.190. The Labute approximate surface area is 146 Å². The lowest BCUT2D eigenvalue weighted by Gasteiger charge is -2.05. The van der Waals surface area contributed by atoms with Crippen molar-refractivity contribution >= 4 is 27.7 Å². The third-order valence-electron chi connectivity index (χ3n) is 4.76. The van der Waals surface area contributed by atoms with E-state index in [0.29, 0.717) is 13.0 Å². The van der Waals surface area contributed by atoms with Crippen LogP contribution in [0.2, 0.25) is 0 Å². The van der Waals surface area contributed by atoms with Gasteiger partial charge in [0.1, 0.15) is 0 Å². The Kier molecular flexibility index (Phi) is 4.02. The number of rotatable bonds is 5. The molecule has 2 aromatic carbocycles. The minimum atomic E-state index is 0.0627. The van der Waals surface area contributed by atoms with Crippen molar-refractivity contribution in [1.82, 2.24) is 15.3 Å². The number of amides is 1. The van der Waals surface area contributed by atoms with Crippen molar-refractivity contribution in [1.29, 1.82) is 0 Å². The summed E-state index contributed by atoms with van der Waals surface area (Å²) in [6, 6.07) is 16.4. The van der Waals surface area contributed by atoms with Gasteiger partial charge in [0.05, 0.1) is 6.42 Å².